The van der Waals surface area contributed by atoms with Crippen molar-refractivity contribution in [1.29, 1.82) is 0 Å². The van der Waals surface area contributed by atoms with Gasteiger partial charge in [-0.2, -0.15) is 15.0 Å². The summed E-state index contributed by atoms with van der Waals surface area (Å²) in [4.78, 5) is 1.67. The van der Waals surface area contributed by atoms with Gasteiger partial charge in [0, 0.05) is 0 Å². The average molecular weight is 270 g/mol. The van der Waals surface area contributed by atoms with E-state index in [1.54, 1.807) is 4.80 Å². The van der Waals surface area contributed by atoms with Crippen molar-refractivity contribution in [2.45, 2.75) is 38.6 Å². The van der Waals surface area contributed by atoms with Crippen molar-refractivity contribution >= 4 is 0 Å². The van der Waals surface area contributed by atoms with Crippen molar-refractivity contribution in [3.05, 3.63) is 42.2 Å². The number of benzene rings is 1. The molecule has 2 aromatic rings. The smallest absolute Gasteiger partial charge is 0.100 e. The molecule has 1 saturated carbocycles. The minimum atomic E-state index is 0.0139. The summed E-state index contributed by atoms with van der Waals surface area (Å²) in [5, 5.41) is 8.90. The minimum absolute atomic E-state index is 0.0139. The Kier molecular flexibility index (Phi) is 3.83. The van der Waals surface area contributed by atoms with Gasteiger partial charge in [0.1, 0.15) is 5.69 Å². The van der Waals surface area contributed by atoms with Crippen LogP contribution in [0.5, 0.6) is 0 Å². The number of nitrogens with zero attached hydrogens (tertiary/aromatic N) is 3. The molecule has 2 N–H and O–H groups in total. The highest BCUT2D eigenvalue weighted by molar-refractivity contribution is 5.28. The van der Waals surface area contributed by atoms with E-state index in [4.69, 9.17) is 5.73 Å². The van der Waals surface area contributed by atoms with Gasteiger partial charge in [0.05, 0.1) is 17.9 Å². The number of aromatic nitrogens is 3. The Morgan fingerprint density at radius 2 is 1.85 bits per heavy atom. The molecular weight excluding hydrogens is 248 g/mol. The second kappa shape index (κ2) is 5.75. The lowest BCUT2D eigenvalue weighted by molar-refractivity contribution is 0.253. The lowest BCUT2D eigenvalue weighted by Gasteiger charge is -2.29. The highest BCUT2D eigenvalue weighted by Gasteiger charge is 2.26. The molecule has 0 bridgehead atoms. The van der Waals surface area contributed by atoms with Crippen LogP contribution in [0.3, 0.4) is 0 Å². The molecule has 1 unspecified atom stereocenters. The average Bonchev–Trinajstić information content (AvgIpc) is 2.98. The van der Waals surface area contributed by atoms with Gasteiger partial charge in [0.2, 0.25) is 0 Å². The van der Waals surface area contributed by atoms with Gasteiger partial charge in [0.15, 0.2) is 0 Å². The fourth-order valence-corrected chi connectivity index (χ4v) is 3.00. The molecule has 1 aliphatic carbocycles. The van der Waals surface area contributed by atoms with Crippen molar-refractivity contribution in [2.24, 2.45) is 17.6 Å². The Balaban J connectivity index is 1.73. The standard InChI is InChI=1S/C16H22N4/c1-12-7-9-13(10-8-12)16(17)15-11-18-20(19-15)14-5-3-2-4-6-14/h2-6,11-13,16H,7-10,17H2,1H3. The second-order valence-electron chi connectivity index (χ2n) is 5.94. The van der Waals surface area contributed by atoms with Gasteiger partial charge < -0.3 is 5.73 Å². The molecule has 1 fully saturated rings. The number of hydrogen-bond acceptors (Lipinski definition) is 3. The van der Waals surface area contributed by atoms with Crippen LogP contribution in [0.1, 0.15) is 44.3 Å². The molecule has 1 heterocycles. The Bertz CT molecular complexity index is 541. The molecule has 106 valence electrons. The molecule has 0 saturated heterocycles. The van der Waals surface area contributed by atoms with E-state index in [0.717, 1.165) is 17.3 Å². The molecule has 4 nitrogen and oxygen atoms in total. The Labute approximate surface area is 120 Å². The molecule has 1 aromatic heterocycles. The maximum atomic E-state index is 6.39. The fourth-order valence-electron chi connectivity index (χ4n) is 3.00. The lowest BCUT2D eigenvalue weighted by Crippen LogP contribution is -2.26. The molecule has 1 aromatic carbocycles. The maximum absolute atomic E-state index is 6.39. The van der Waals surface area contributed by atoms with Crippen molar-refractivity contribution in [2.75, 3.05) is 0 Å². The molecular formula is C16H22N4. The van der Waals surface area contributed by atoms with Crippen molar-refractivity contribution in [1.82, 2.24) is 15.0 Å². The van der Waals surface area contributed by atoms with Crippen LogP contribution in [-0.4, -0.2) is 15.0 Å². The van der Waals surface area contributed by atoms with Crippen LogP contribution in [0, 0.1) is 11.8 Å². The molecule has 0 spiro atoms. The van der Waals surface area contributed by atoms with Gasteiger partial charge in [-0.1, -0.05) is 38.0 Å². The van der Waals surface area contributed by atoms with E-state index >= 15 is 0 Å². The van der Waals surface area contributed by atoms with Crippen LogP contribution in [-0.2, 0) is 0 Å². The summed E-state index contributed by atoms with van der Waals surface area (Å²) >= 11 is 0. The zero-order valence-electron chi connectivity index (χ0n) is 11.9. The summed E-state index contributed by atoms with van der Waals surface area (Å²) in [6.45, 7) is 2.33. The quantitative estimate of drug-likeness (QED) is 0.932. The van der Waals surface area contributed by atoms with E-state index in [1.165, 1.54) is 25.7 Å². The van der Waals surface area contributed by atoms with E-state index in [-0.39, 0.29) is 6.04 Å². The monoisotopic (exact) mass is 270 g/mol. The van der Waals surface area contributed by atoms with Crippen LogP contribution in [0.2, 0.25) is 0 Å². The van der Waals surface area contributed by atoms with Gasteiger partial charge in [-0.25, -0.2) is 0 Å². The molecule has 1 atom stereocenters. The van der Waals surface area contributed by atoms with Gasteiger partial charge in [0.25, 0.3) is 0 Å². The predicted molar refractivity (Wildman–Crippen MR) is 79.4 cm³/mol. The van der Waals surface area contributed by atoms with E-state index in [9.17, 15) is 0 Å². The summed E-state index contributed by atoms with van der Waals surface area (Å²) in [6, 6.07) is 9.97. The number of nitrogens with two attached hydrogens (primary N) is 1. The first-order chi connectivity index (χ1) is 9.74. The van der Waals surface area contributed by atoms with Gasteiger partial charge in [-0.3, -0.25) is 0 Å². The largest absolute Gasteiger partial charge is 0.322 e. The lowest BCUT2D eigenvalue weighted by atomic mass is 9.79. The fraction of sp³-hybridized carbons (Fsp3) is 0.500. The van der Waals surface area contributed by atoms with E-state index < -0.39 is 0 Å². The minimum Gasteiger partial charge on any atom is -0.322 e. The molecule has 4 heteroatoms. The second-order valence-corrected chi connectivity index (χ2v) is 5.94. The summed E-state index contributed by atoms with van der Waals surface area (Å²) in [6.07, 6.45) is 6.80. The SMILES string of the molecule is CC1CCC(C(N)c2cnn(-c3ccccc3)n2)CC1. The number of para-hydroxylation sites is 1. The highest BCUT2D eigenvalue weighted by Crippen LogP contribution is 2.34. The van der Waals surface area contributed by atoms with Gasteiger partial charge in [-0.05, 0) is 36.8 Å². The number of hydrogen-bond donors (Lipinski definition) is 1. The summed E-state index contributed by atoms with van der Waals surface area (Å²) in [7, 11) is 0. The van der Waals surface area contributed by atoms with Crippen molar-refractivity contribution in [3.8, 4) is 5.69 Å². The first-order valence-electron chi connectivity index (χ1n) is 7.47. The Morgan fingerprint density at radius 1 is 1.15 bits per heavy atom. The van der Waals surface area contributed by atoms with Crippen LogP contribution in [0.15, 0.2) is 36.5 Å². The van der Waals surface area contributed by atoms with Crippen LogP contribution < -0.4 is 5.73 Å². The zero-order chi connectivity index (χ0) is 13.9. The van der Waals surface area contributed by atoms with Crippen LogP contribution >= 0.6 is 0 Å². The zero-order valence-corrected chi connectivity index (χ0v) is 11.9. The normalized spacial score (nSPS) is 24.5. The van der Waals surface area contributed by atoms with Crippen LogP contribution in [0.4, 0.5) is 0 Å². The third-order valence-electron chi connectivity index (χ3n) is 4.41. The van der Waals surface area contributed by atoms with Gasteiger partial charge in [-0.15, -0.1) is 0 Å². The predicted octanol–water partition coefficient (Wildman–Crippen LogP) is 3.09. The van der Waals surface area contributed by atoms with Crippen LogP contribution in [0.25, 0.3) is 5.69 Å². The molecule has 3 rings (SSSR count). The first kappa shape index (κ1) is 13.3. The Morgan fingerprint density at radius 3 is 2.55 bits per heavy atom. The van der Waals surface area contributed by atoms with Gasteiger partial charge >= 0.3 is 0 Å². The third kappa shape index (κ3) is 2.75. The first-order valence-corrected chi connectivity index (χ1v) is 7.47. The van der Waals surface area contributed by atoms with Crippen molar-refractivity contribution < 1.29 is 0 Å². The summed E-state index contributed by atoms with van der Waals surface area (Å²) in [5.41, 5.74) is 8.28. The molecule has 0 aliphatic heterocycles. The molecule has 20 heavy (non-hydrogen) atoms. The summed E-state index contributed by atoms with van der Waals surface area (Å²) < 4.78 is 0. The van der Waals surface area contributed by atoms with Crippen molar-refractivity contribution in [3.63, 3.8) is 0 Å². The maximum Gasteiger partial charge on any atom is 0.100 e. The molecule has 1 aliphatic rings. The molecule has 0 radical (unpaired) electrons. The van der Waals surface area contributed by atoms with E-state index in [2.05, 4.69) is 17.1 Å². The van der Waals surface area contributed by atoms with E-state index in [1.807, 2.05) is 36.5 Å². The topological polar surface area (TPSA) is 56.7 Å². The highest BCUT2D eigenvalue weighted by atomic mass is 15.5. The Hall–Kier alpha value is -1.68. The summed E-state index contributed by atoms with van der Waals surface area (Å²) in [5.74, 6) is 1.39. The molecule has 0 amide bonds. The number of rotatable bonds is 3. The third-order valence-corrected chi connectivity index (χ3v) is 4.41. The van der Waals surface area contributed by atoms with E-state index in [0.29, 0.717) is 5.92 Å².